The highest BCUT2D eigenvalue weighted by Gasteiger charge is 2.10. The summed E-state index contributed by atoms with van der Waals surface area (Å²) >= 11 is 1.67. The molecule has 2 aromatic rings. The van der Waals surface area contributed by atoms with E-state index >= 15 is 0 Å². The molecule has 2 aromatic heterocycles. The summed E-state index contributed by atoms with van der Waals surface area (Å²) in [5.74, 6) is 0.171. The molecule has 1 amide bonds. The van der Waals surface area contributed by atoms with Gasteiger partial charge in [0.05, 0.1) is 6.20 Å². The van der Waals surface area contributed by atoms with E-state index in [1.54, 1.807) is 27.1 Å². The van der Waals surface area contributed by atoms with Gasteiger partial charge in [-0.05, 0) is 28.8 Å². The quantitative estimate of drug-likeness (QED) is 0.828. The van der Waals surface area contributed by atoms with E-state index in [4.69, 9.17) is 0 Å². The minimum absolute atomic E-state index is 0.171. The Morgan fingerprint density at radius 1 is 1.50 bits per heavy atom. The van der Waals surface area contributed by atoms with E-state index < -0.39 is 0 Å². The van der Waals surface area contributed by atoms with Crippen LogP contribution in [0, 0.1) is 0 Å². The summed E-state index contributed by atoms with van der Waals surface area (Å²) in [6.07, 6.45) is 5.11. The average Bonchev–Trinajstić information content (AvgIpc) is 2.97. The minimum atomic E-state index is 0.171. The Morgan fingerprint density at radius 3 is 2.94 bits per heavy atom. The van der Waals surface area contributed by atoms with Gasteiger partial charge in [0, 0.05) is 38.8 Å². The lowest BCUT2D eigenvalue weighted by Gasteiger charge is -2.15. The Balaban J connectivity index is 1.81. The maximum absolute atomic E-state index is 12.0. The predicted octanol–water partition coefficient (Wildman–Crippen LogP) is 2.07. The first-order chi connectivity index (χ1) is 8.65. The van der Waals surface area contributed by atoms with Crippen molar-refractivity contribution >= 4 is 17.2 Å². The van der Waals surface area contributed by atoms with Gasteiger partial charge in [-0.1, -0.05) is 0 Å². The van der Waals surface area contributed by atoms with Crippen molar-refractivity contribution < 1.29 is 4.79 Å². The zero-order valence-corrected chi connectivity index (χ0v) is 11.5. The van der Waals surface area contributed by atoms with Crippen molar-refractivity contribution in [1.29, 1.82) is 0 Å². The topological polar surface area (TPSA) is 38.1 Å². The van der Waals surface area contributed by atoms with Crippen LogP contribution in [-0.4, -0.2) is 27.6 Å². The van der Waals surface area contributed by atoms with Gasteiger partial charge in [0.15, 0.2) is 0 Å². The molecule has 0 radical (unpaired) electrons. The van der Waals surface area contributed by atoms with Gasteiger partial charge >= 0.3 is 0 Å². The number of amides is 1. The first-order valence-electron chi connectivity index (χ1n) is 5.87. The molecule has 0 N–H and O–H groups in total. The second kappa shape index (κ2) is 5.82. The summed E-state index contributed by atoms with van der Waals surface area (Å²) < 4.78 is 1.75. The van der Waals surface area contributed by atoms with Crippen LogP contribution in [0.3, 0.4) is 0 Å². The molecule has 0 unspecified atom stereocenters. The Kier molecular flexibility index (Phi) is 4.15. The molecule has 0 saturated heterocycles. The lowest BCUT2D eigenvalue weighted by Crippen LogP contribution is -2.26. The molecule has 0 saturated carbocycles. The molecule has 0 atom stereocenters. The molecule has 0 spiro atoms. The fourth-order valence-corrected chi connectivity index (χ4v) is 2.50. The van der Waals surface area contributed by atoms with Crippen molar-refractivity contribution in [2.24, 2.45) is 7.05 Å². The van der Waals surface area contributed by atoms with Gasteiger partial charge in [-0.3, -0.25) is 9.48 Å². The van der Waals surface area contributed by atoms with Crippen molar-refractivity contribution in [1.82, 2.24) is 14.7 Å². The van der Waals surface area contributed by atoms with Crippen molar-refractivity contribution in [3.63, 3.8) is 0 Å². The first-order valence-corrected chi connectivity index (χ1v) is 6.82. The Morgan fingerprint density at radius 2 is 2.33 bits per heavy atom. The molecule has 0 aromatic carbocycles. The van der Waals surface area contributed by atoms with Gasteiger partial charge in [-0.25, -0.2) is 0 Å². The molecule has 96 valence electrons. The van der Waals surface area contributed by atoms with Gasteiger partial charge in [0.2, 0.25) is 5.91 Å². The van der Waals surface area contributed by atoms with Gasteiger partial charge < -0.3 is 4.90 Å². The highest BCUT2D eigenvalue weighted by molar-refractivity contribution is 7.07. The summed E-state index contributed by atoms with van der Waals surface area (Å²) in [7, 11) is 3.71. The number of carbonyl (C=O) groups excluding carboxylic acids is 1. The molecule has 0 aliphatic carbocycles. The Labute approximate surface area is 111 Å². The van der Waals surface area contributed by atoms with Gasteiger partial charge in [-0.2, -0.15) is 16.4 Å². The molecular formula is C13H17N3OS. The summed E-state index contributed by atoms with van der Waals surface area (Å²) in [4.78, 5) is 13.7. The second-order valence-corrected chi connectivity index (χ2v) is 5.18. The normalized spacial score (nSPS) is 10.6. The fourth-order valence-electron chi connectivity index (χ4n) is 1.79. The first kappa shape index (κ1) is 12.8. The number of aryl methyl sites for hydroxylation is 2. The number of thiophene rings is 1. The zero-order valence-electron chi connectivity index (χ0n) is 10.7. The summed E-state index contributed by atoms with van der Waals surface area (Å²) in [5.41, 5.74) is 2.30. The van der Waals surface area contributed by atoms with E-state index in [1.807, 2.05) is 25.7 Å². The van der Waals surface area contributed by atoms with Crippen LogP contribution in [0.4, 0.5) is 0 Å². The number of nitrogens with zero attached hydrogens (tertiary/aromatic N) is 3. The fraction of sp³-hybridized carbons (Fsp3) is 0.385. The predicted molar refractivity (Wildman–Crippen MR) is 72.3 cm³/mol. The van der Waals surface area contributed by atoms with Gasteiger partial charge in [0.1, 0.15) is 0 Å². The summed E-state index contributed by atoms with van der Waals surface area (Å²) in [6, 6.07) is 2.07. The van der Waals surface area contributed by atoms with Crippen molar-refractivity contribution in [2.75, 3.05) is 7.05 Å². The molecule has 0 bridgehead atoms. The molecule has 5 heteroatoms. The highest BCUT2D eigenvalue weighted by atomic mass is 32.1. The van der Waals surface area contributed by atoms with Crippen LogP contribution in [0.1, 0.15) is 17.5 Å². The number of hydrogen-bond donors (Lipinski definition) is 0. The van der Waals surface area contributed by atoms with Crippen LogP contribution in [0.25, 0.3) is 0 Å². The lowest BCUT2D eigenvalue weighted by atomic mass is 10.2. The van der Waals surface area contributed by atoms with Crippen molar-refractivity contribution in [3.05, 3.63) is 40.3 Å². The van der Waals surface area contributed by atoms with Gasteiger partial charge in [-0.15, -0.1) is 0 Å². The SMILES string of the molecule is CN(Cc1cnn(C)c1)C(=O)CCc1ccsc1. The standard InChI is InChI=1S/C13H17N3OS/c1-15(8-12-7-14-16(2)9-12)13(17)4-3-11-5-6-18-10-11/h5-7,9-10H,3-4,8H2,1-2H3. The van der Waals surface area contributed by atoms with Crippen LogP contribution < -0.4 is 0 Å². The Bertz CT molecular complexity index is 504. The number of carbonyl (C=O) groups is 1. The lowest BCUT2D eigenvalue weighted by molar-refractivity contribution is -0.130. The van der Waals surface area contributed by atoms with Crippen LogP contribution in [0.15, 0.2) is 29.2 Å². The largest absolute Gasteiger partial charge is 0.341 e. The van der Waals surface area contributed by atoms with Crippen molar-refractivity contribution in [2.45, 2.75) is 19.4 Å². The van der Waals surface area contributed by atoms with E-state index in [0.29, 0.717) is 13.0 Å². The minimum Gasteiger partial charge on any atom is -0.341 e. The maximum Gasteiger partial charge on any atom is 0.222 e. The maximum atomic E-state index is 12.0. The van der Waals surface area contributed by atoms with E-state index in [-0.39, 0.29) is 5.91 Å². The van der Waals surface area contributed by atoms with Crippen LogP contribution in [0.5, 0.6) is 0 Å². The molecule has 0 fully saturated rings. The van der Waals surface area contributed by atoms with Crippen LogP contribution in [0.2, 0.25) is 0 Å². The van der Waals surface area contributed by atoms with Crippen molar-refractivity contribution in [3.8, 4) is 0 Å². The molecule has 0 aliphatic rings. The molecule has 0 aliphatic heterocycles. The third-order valence-electron chi connectivity index (χ3n) is 2.81. The third-order valence-corrected chi connectivity index (χ3v) is 3.54. The molecule has 18 heavy (non-hydrogen) atoms. The number of hydrogen-bond acceptors (Lipinski definition) is 3. The molecule has 2 rings (SSSR count). The van der Waals surface area contributed by atoms with Crippen LogP contribution >= 0.6 is 11.3 Å². The van der Waals surface area contributed by atoms with Gasteiger partial charge in [0.25, 0.3) is 0 Å². The third kappa shape index (κ3) is 3.43. The molecule has 4 nitrogen and oxygen atoms in total. The van der Waals surface area contributed by atoms with E-state index in [0.717, 1.165) is 12.0 Å². The second-order valence-electron chi connectivity index (χ2n) is 4.40. The highest BCUT2D eigenvalue weighted by Crippen LogP contribution is 2.10. The van der Waals surface area contributed by atoms with E-state index in [1.165, 1.54) is 5.56 Å². The van der Waals surface area contributed by atoms with E-state index in [9.17, 15) is 4.79 Å². The average molecular weight is 263 g/mol. The van der Waals surface area contributed by atoms with Crippen LogP contribution in [-0.2, 0) is 24.8 Å². The number of aromatic nitrogens is 2. The molecular weight excluding hydrogens is 246 g/mol. The monoisotopic (exact) mass is 263 g/mol. The smallest absolute Gasteiger partial charge is 0.222 e. The zero-order chi connectivity index (χ0) is 13.0. The number of rotatable bonds is 5. The van der Waals surface area contributed by atoms with E-state index in [2.05, 4.69) is 16.5 Å². The molecule has 2 heterocycles. The summed E-state index contributed by atoms with van der Waals surface area (Å²) in [6.45, 7) is 0.621. The summed E-state index contributed by atoms with van der Waals surface area (Å²) in [5, 5.41) is 8.23. The Hall–Kier alpha value is -1.62.